The summed E-state index contributed by atoms with van der Waals surface area (Å²) in [4.78, 5) is 14.3. The highest BCUT2D eigenvalue weighted by Crippen LogP contribution is 2.29. The molecule has 0 spiro atoms. The molecule has 0 aliphatic rings. The van der Waals surface area contributed by atoms with E-state index in [1.54, 1.807) is 35.2 Å². The van der Waals surface area contributed by atoms with Gasteiger partial charge in [-0.1, -0.05) is 41.4 Å². The van der Waals surface area contributed by atoms with Gasteiger partial charge in [0.05, 0.1) is 10.0 Å². The molecule has 0 atom stereocenters. The molecule has 0 unspecified atom stereocenters. The molecular weight excluding hydrogens is 293 g/mol. The smallest absolute Gasteiger partial charge is 0.258 e. The fourth-order valence-electron chi connectivity index (χ4n) is 2.00. The van der Waals surface area contributed by atoms with Crippen LogP contribution in [0.3, 0.4) is 0 Å². The van der Waals surface area contributed by atoms with E-state index in [1.807, 2.05) is 32.0 Å². The van der Waals surface area contributed by atoms with Crippen LogP contribution >= 0.6 is 23.2 Å². The Morgan fingerprint density at radius 2 is 1.65 bits per heavy atom. The van der Waals surface area contributed by atoms with Gasteiger partial charge in [-0.3, -0.25) is 4.79 Å². The molecule has 0 aromatic heterocycles. The van der Waals surface area contributed by atoms with E-state index in [9.17, 15) is 4.79 Å². The first kappa shape index (κ1) is 14.9. The van der Waals surface area contributed by atoms with Crippen LogP contribution in [0.15, 0.2) is 48.5 Å². The monoisotopic (exact) mass is 307 g/mol. The molecule has 2 aromatic rings. The van der Waals surface area contributed by atoms with E-state index in [4.69, 9.17) is 23.2 Å². The zero-order chi connectivity index (χ0) is 14.7. The van der Waals surface area contributed by atoms with Crippen LogP contribution < -0.4 is 4.90 Å². The van der Waals surface area contributed by atoms with Crippen molar-refractivity contribution < 1.29 is 4.79 Å². The Kier molecular flexibility index (Phi) is 4.69. The van der Waals surface area contributed by atoms with Gasteiger partial charge in [-0.15, -0.1) is 0 Å². The summed E-state index contributed by atoms with van der Waals surface area (Å²) < 4.78 is 0. The van der Waals surface area contributed by atoms with Crippen molar-refractivity contribution in [3.8, 4) is 0 Å². The molecule has 0 bridgehead atoms. The third-order valence-electron chi connectivity index (χ3n) is 2.94. The number of hydrogen-bond donors (Lipinski definition) is 0. The van der Waals surface area contributed by atoms with E-state index in [1.165, 1.54) is 0 Å². The zero-order valence-corrected chi connectivity index (χ0v) is 12.8. The minimum atomic E-state index is -0.0565. The summed E-state index contributed by atoms with van der Waals surface area (Å²) in [5, 5.41) is 0.918. The van der Waals surface area contributed by atoms with Crippen molar-refractivity contribution in [2.45, 2.75) is 19.9 Å². The number of rotatable bonds is 3. The predicted molar refractivity (Wildman–Crippen MR) is 84.8 cm³/mol. The second kappa shape index (κ2) is 6.29. The van der Waals surface area contributed by atoms with Crippen LogP contribution in [0.1, 0.15) is 24.2 Å². The number of nitrogens with zero attached hydrogens (tertiary/aromatic N) is 1. The number of anilines is 1. The van der Waals surface area contributed by atoms with Crippen molar-refractivity contribution in [3.05, 3.63) is 64.1 Å². The van der Waals surface area contributed by atoms with Gasteiger partial charge >= 0.3 is 0 Å². The van der Waals surface area contributed by atoms with Crippen molar-refractivity contribution in [1.29, 1.82) is 0 Å². The Hall–Kier alpha value is -1.51. The quantitative estimate of drug-likeness (QED) is 0.777. The Morgan fingerprint density at radius 1 is 1.00 bits per heavy atom. The predicted octanol–water partition coefficient (Wildman–Crippen LogP) is 5.05. The van der Waals surface area contributed by atoms with Gasteiger partial charge in [0, 0.05) is 17.3 Å². The third-order valence-corrected chi connectivity index (χ3v) is 3.68. The lowest BCUT2D eigenvalue weighted by Crippen LogP contribution is -2.37. The fraction of sp³-hybridized carbons (Fsp3) is 0.188. The maximum atomic E-state index is 12.6. The van der Waals surface area contributed by atoms with E-state index in [0.29, 0.717) is 15.6 Å². The molecule has 104 valence electrons. The van der Waals surface area contributed by atoms with Crippen LogP contribution in [0.25, 0.3) is 0 Å². The summed E-state index contributed by atoms with van der Waals surface area (Å²) in [6.45, 7) is 3.92. The Morgan fingerprint density at radius 3 is 2.20 bits per heavy atom. The van der Waals surface area contributed by atoms with Crippen molar-refractivity contribution >= 4 is 34.8 Å². The summed E-state index contributed by atoms with van der Waals surface area (Å²) in [6, 6.07) is 14.4. The number of hydrogen-bond acceptors (Lipinski definition) is 1. The molecule has 0 aliphatic heterocycles. The molecule has 2 aromatic carbocycles. The minimum Gasteiger partial charge on any atom is -0.306 e. The molecule has 0 fully saturated rings. The summed E-state index contributed by atoms with van der Waals surface area (Å²) in [5.74, 6) is -0.0565. The van der Waals surface area contributed by atoms with Gasteiger partial charge in [-0.25, -0.2) is 0 Å². The first-order valence-electron chi connectivity index (χ1n) is 6.34. The molecule has 0 saturated heterocycles. The highest BCUT2D eigenvalue weighted by atomic mass is 35.5. The maximum absolute atomic E-state index is 12.6. The summed E-state index contributed by atoms with van der Waals surface area (Å²) in [7, 11) is 0. The van der Waals surface area contributed by atoms with Crippen LogP contribution in [0.2, 0.25) is 10.0 Å². The van der Waals surface area contributed by atoms with Gasteiger partial charge in [0.25, 0.3) is 5.91 Å². The molecule has 4 heteroatoms. The maximum Gasteiger partial charge on any atom is 0.258 e. The third kappa shape index (κ3) is 3.14. The van der Waals surface area contributed by atoms with Crippen molar-refractivity contribution in [2.24, 2.45) is 0 Å². The van der Waals surface area contributed by atoms with E-state index >= 15 is 0 Å². The Bertz CT molecular complexity index is 611. The van der Waals surface area contributed by atoms with Gasteiger partial charge < -0.3 is 4.90 Å². The molecule has 2 rings (SSSR count). The average Bonchev–Trinajstić information content (AvgIpc) is 2.43. The highest BCUT2D eigenvalue weighted by Gasteiger charge is 2.21. The van der Waals surface area contributed by atoms with E-state index in [2.05, 4.69) is 0 Å². The number of carbonyl (C=O) groups excluding carboxylic acids is 1. The lowest BCUT2D eigenvalue weighted by Gasteiger charge is -2.27. The average molecular weight is 308 g/mol. The molecule has 1 amide bonds. The van der Waals surface area contributed by atoms with Gasteiger partial charge in [-0.2, -0.15) is 0 Å². The summed E-state index contributed by atoms with van der Waals surface area (Å²) in [5.41, 5.74) is 1.38. The van der Waals surface area contributed by atoms with Crippen LogP contribution in [0, 0.1) is 0 Å². The first-order chi connectivity index (χ1) is 9.50. The van der Waals surface area contributed by atoms with Crippen LogP contribution in [-0.2, 0) is 0 Å². The Labute approximate surface area is 128 Å². The van der Waals surface area contributed by atoms with Crippen LogP contribution in [0.5, 0.6) is 0 Å². The molecule has 2 nitrogen and oxygen atoms in total. The number of amides is 1. The van der Waals surface area contributed by atoms with Gasteiger partial charge in [0.1, 0.15) is 0 Å². The molecule has 0 saturated carbocycles. The number of halogens is 2. The summed E-state index contributed by atoms with van der Waals surface area (Å²) in [6.07, 6.45) is 0. The molecule has 0 radical (unpaired) electrons. The van der Waals surface area contributed by atoms with E-state index in [-0.39, 0.29) is 11.9 Å². The van der Waals surface area contributed by atoms with E-state index in [0.717, 1.165) is 5.69 Å². The molecular formula is C16H15Cl2NO. The normalized spacial score (nSPS) is 10.7. The Balaban J connectivity index is 2.41. The van der Waals surface area contributed by atoms with Crippen LogP contribution in [-0.4, -0.2) is 11.9 Å². The standard InChI is InChI=1S/C16H15Cl2NO/c1-11(2)19(13-8-9-14(17)15(18)10-13)16(20)12-6-4-3-5-7-12/h3-11H,1-2H3. The number of carbonyl (C=O) groups is 1. The number of benzene rings is 2. The summed E-state index contributed by atoms with van der Waals surface area (Å²) >= 11 is 12.0. The van der Waals surface area contributed by atoms with Crippen LogP contribution in [0.4, 0.5) is 5.69 Å². The second-order valence-electron chi connectivity index (χ2n) is 4.73. The minimum absolute atomic E-state index is 0.0138. The molecule has 20 heavy (non-hydrogen) atoms. The SMILES string of the molecule is CC(C)N(C(=O)c1ccccc1)c1ccc(Cl)c(Cl)c1. The van der Waals surface area contributed by atoms with Gasteiger partial charge in [-0.05, 0) is 44.2 Å². The van der Waals surface area contributed by atoms with Crippen molar-refractivity contribution in [2.75, 3.05) is 4.90 Å². The largest absolute Gasteiger partial charge is 0.306 e. The topological polar surface area (TPSA) is 20.3 Å². The van der Waals surface area contributed by atoms with E-state index < -0.39 is 0 Å². The van der Waals surface area contributed by atoms with Crippen molar-refractivity contribution in [3.63, 3.8) is 0 Å². The first-order valence-corrected chi connectivity index (χ1v) is 7.10. The van der Waals surface area contributed by atoms with Gasteiger partial charge in [0.2, 0.25) is 0 Å². The molecule has 0 heterocycles. The second-order valence-corrected chi connectivity index (χ2v) is 5.55. The molecule has 0 N–H and O–H groups in total. The lowest BCUT2D eigenvalue weighted by atomic mass is 10.1. The van der Waals surface area contributed by atoms with Crippen molar-refractivity contribution in [1.82, 2.24) is 0 Å². The lowest BCUT2D eigenvalue weighted by molar-refractivity contribution is 0.0980. The van der Waals surface area contributed by atoms with Gasteiger partial charge in [0.15, 0.2) is 0 Å². The highest BCUT2D eigenvalue weighted by molar-refractivity contribution is 6.42. The molecule has 0 aliphatic carbocycles. The zero-order valence-electron chi connectivity index (χ0n) is 11.3. The fourth-order valence-corrected chi connectivity index (χ4v) is 2.30.